The third-order valence-electron chi connectivity index (χ3n) is 14.0. The fourth-order valence-electron chi connectivity index (χ4n) is 10.1. The number of anilines is 2. The van der Waals surface area contributed by atoms with Crippen molar-refractivity contribution >= 4 is 50.3 Å². The van der Waals surface area contributed by atoms with Gasteiger partial charge >= 0.3 is 17.3 Å². The summed E-state index contributed by atoms with van der Waals surface area (Å²) in [4.78, 5) is 48.6. The second kappa shape index (κ2) is 24.4. The second-order valence-electron chi connectivity index (χ2n) is 18.9. The fourth-order valence-corrected chi connectivity index (χ4v) is 10.1. The Hall–Kier alpha value is -8.17. The highest BCUT2D eigenvalue weighted by Gasteiger charge is 2.42. The summed E-state index contributed by atoms with van der Waals surface area (Å²) in [6, 6.07) is 25.3. The van der Waals surface area contributed by atoms with Gasteiger partial charge in [-0.3, -0.25) is 25.0 Å². The van der Waals surface area contributed by atoms with Gasteiger partial charge in [0.25, 0.3) is 6.43 Å². The van der Waals surface area contributed by atoms with E-state index < -0.39 is 33.5 Å². The minimum atomic E-state index is -3.89. The van der Waals surface area contributed by atoms with E-state index in [1.54, 1.807) is 50.6 Å². The molecule has 2 unspecified atom stereocenters. The van der Waals surface area contributed by atoms with Crippen LogP contribution < -0.4 is 28.7 Å². The van der Waals surface area contributed by atoms with Crippen molar-refractivity contribution in [2.75, 3.05) is 51.5 Å². The number of Topliss-reactive ketones (excluding diaryl/α,β-unsaturated/α-hetero) is 1. The molecule has 2 aliphatic heterocycles. The molecular weight excluding hydrogens is 1020 g/mol. The van der Waals surface area contributed by atoms with Crippen LogP contribution in [0.2, 0.25) is 0 Å². The SMILES string of the molecule is COc1ccc(CN(c2c([N+](=O)[O-])cnc3ccc(C(F)(F)C(=O)c4ccccc4)cc23)C2CCO[C@H](C)C2)c(OC)c1.COc1ccc(CN(c2c([N+](=O)[O-])cnc3ccc(C(F)F)cc23)C2CCO[C@H](C)C2)c(OC)c1. The predicted octanol–water partition coefficient (Wildman–Crippen LogP) is 12.4. The topological polar surface area (TPSA) is 191 Å². The summed E-state index contributed by atoms with van der Waals surface area (Å²) in [6.45, 7) is 5.20. The summed E-state index contributed by atoms with van der Waals surface area (Å²) in [6.07, 6.45) is 1.77. The van der Waals surface area contributed by atoms with Gasteiger partial charge in [-0.1, -0.05) is 42.5 Å². The number of aromatic nitrogens is 2. The summed E-state index contributed by atoms with van der Waals surface area (Å²) < 4.78 is 91.9. The highest BCUT2D eigenvalue weighted by Crippen LogP contribution is 2.44. The van der Waals surface area contributed by atoms with Crippen molar-refractivity contribution in [2.24, 2.45) is 0 Å². The quantitative estimate of drug-likeness (QED) is 0.0341. The van der Waals surface area contributed by atoms with E-state index in [1.165, 1.54) is 68.9 Å². The van der Waals surface area contributed by atoms with Crippen LogP contribution in [0.1, 0.15) is 78.6 Å². The van der Waals surface area contributed by atoms with Gasteiger partial charge in [0.15, 0.2) is 0 Å². The monoisotopic (exact) mass is 1080 g/mol. The average Bonchev–Trinajstić information content (AvgIpc) is 3.63. The Kier molecular flexibility index (Phi) is 17.6. The van der Waals surface area contributed by atoms with E-state index in [-0.39, 0.29) is 82.2 Å². The number of carbonyl (C=O) groups excluding carboxylic acids is 1. The van der Waals surface area contributed by atoms with Gasteiger partial charge in [0, 0.05) is 89.1 Å². The minimum Gasteiger partial charge on any atom is -0.497 e. The minimum absolute atomic E-state index is 0.0576. The zero-order valence-corrected chi connectivity index (χ0v) is 43.7. The number of halogens is 4. The molecule has 2 aliphatic rings. The molecule has 7 aromatic rings. The number of methoxy groups -OCH3 is 4. The zero-order valence-electron chi connectivity index (χ0n) is 43.7. The third kappa shape index (κ3) is 12.2. The molecule has 17 nitrogen and oxygen atoms in total. The van der Waals surface area contributed by atoms with Gasteiger partial charge in [0.05, 0.1) is 61.5 Å². The molecule has 410 valence electrons. The number of fused-ring (bicyclic) bond motifs is 2. The maximum atomic E-state index is 15.7. The Morgan fingerprint density at radius 1 is 0.667 bits per heavy atom. The van der Waals surface area contributed by atoms with Crippen molar-refractivity contribution in [2.45, 2.75) is 89.3 Å². The molecule has 4 atom stereocenters. The number of benzene rings is 5. The molecule has 2 saturated heterocycles. The first-order valence-corrected chi connectivity index (χ1v) is 25.0. The Labute approximate surface area is 446 Å². The molecule has 4 heterocycles. The molecule has 0 bridgehead atoms. The molecule has 9 rings (SSSR count). The first-order chi connectivity index (χ1) is 37.4. The number of ketones is 1. The van der Waals surface area contributed by atoms with Crippen LogP contribution in [0.25, 0.3) is 21.8 Å². The lowest BCUT2D eigenvalue weighted by atomic mass is 9.95. The van der Waals surface area contributed by atoms with Gasteiger partial charge in [0.1, 0.15) is 46.8 Å². The fraction of sp³-hybridized carbons (Fsp3) is 0.351. The van der Waals surface area contributed by atoms with E-state index in [9.17, 15) is 33.8 Å². The lowest BCUT2D eigenvalue weighted by Crippen LogP contribution is -2.42. The zero-order chi connectivity index (χ0) is 55.8. The van der Waals surface area contributed by atoms with Crippen molar-refractivity contribution in [3.63, 3.8) is 0 Å². The molecule has 0 N–H and O–H groups in total. The van der Waals surface area contributed by atoms with Crippen molar-refractivity contribution in [1.29, 1.82) is 0 Å². The van der Waals surface area contributed by atoms with E-state index in [1.807, 2.05) is 29.7 Å². The molecule has 2 fully saturated rings. The molecule has 0 saturated carbocycles. The van der Waals surface area contributed by atoms with Crippen LogP contribution in [-0.2, 0) is 28.5 Å². The molecule has 78 heavy (non-hydrogen) atoms. The molecule has 21 heteroatoms. The van der Waals surface area contributed by atoms with Gasteiger partial charge in [-0.25, -0.2) is 18.7 Å². The molecule has 5 aromatic carbocycles. The largest absolute Gasteiger partial charge is 0.497 e. The maximum Gasteiger partial charge on any atom is 0.334 e. The molecule has 0 radical (unpaired) electrons. The number of pyridine rings is 2. The summed E-state index contributed by atoms with van der Waals surface area (Å²) >= 11 is 0. The summed E-state index contributed by atoms with van der Waals surface area (Å²) in [5.74, 6) is -3.02. The van der Waals surface area contributed by atoms with Crippen LogP contribution in [0.3, 0.4) is 0 Å². The van der Waals surface area contributed by atoms with Crippen LogP contribution in [0.15, 0.2) is 116 Å². The van der Waals surface area contributed by atoms with E-state index in [0.29, 0.717) is 78.4 Å². The molecule has 0 aliphatic carbocycles. The number of ether oxygens (including phenoxy) is 6. The van der Waals surface area contributed by atoms with Crippen LogP contribution in [0.5, 0.6) is 23.0 Å². The molecular formula is C57H58F4N6O11. The number of nitrogens with zero attached hydrogens (tertiary/aromatic N) is 6. The highest BCUT2D eigenvalue weighted by atomic mass is 19.3. The Balaban J connectivity index is 0.000000210. The van der Waals surface area contributed by atoms with Gasteiger partial charge in [-0.2, -0.15) is 8.78 Å². The number of hydrogen-bond acceptors (Lipinski definition) is 15. The number of hydrogen-bond donors (Lipinski definition) is 0. The van der Waals surface area contributed by atoms with Gasteiger partial charge < -0.3 is 38.2 Å². The number of nitro groups is 2. The maximum absolute atomic E-state index is 15.7. The van der Waals surface area contributed by atoms with Crippen LogP contribution in [-0.4, -0.2) is 91.5 Å². The van der Waals surface area contributed by atoms with Crippen molar-refractivity contribution in [1.82, 2.24) is 9.97 Å². The normalized spacial score (nSPS) is 17.4. The Morgan fingerprint density at radius 2 is 1.14 bits per heavy atom. The Morgan fingerprint density at radius 3 is 1.58 bits per heavy atom. The van der Waals surface area contributed by atoms with E-state index >= 15 is 8.78 Å². The smallest absolute Gasteiger partial charge is 0.334 e. The molecule has 2 aromatic heterocycles. The standard InChI is InChI=1S/C32H31F2N3O6.C25H27F2N3O5/c1-20-15-24(13-14-43-20)36(19-22-9-11-25(41-2)17-29(22)42-3)30-26-16-23(10-12-27(26)35-18-28(30)37(39)40)32(33,34)31(38)21-7-5-4-6-8-21;1-15-10-18(8-9-35-15)29(14-17-4-6-19(33-2)12-23(17)34-3)24-20-11-16(25(26)27)5-7-21(20)28-13-22(24)30(31)32/h4-12,16-18,20,24H,13-15,19H2,1-3H3;4-7,11-13,15,18,25H,8-10,14H2,1-3H3/t20-,24?;15-,18?/m11/s1. The lowest BCUT2D eigenvalue weighted by molar-refractivity contribution is -0.384. The van der Waals surface area contributed by atoms with Crippen LogP contribution >= 0.6 is 0 Å². The van der Waals surface area contributed by atoms with E-state index in [2.05, 4.69) is 9.97 Å². The Bertz CT molecular complexity index is 3300. The van der Waals surface area contributed by atoms with Crippen molar-refractivity contribution in [3.8, 4) is 23.0 Å². The number of alkyl halides is 4. The van der Waals surface area contributed by atoms with E-state index in [0.717, 1.165) is 23.9 Å². The first-order valence-electron chi connectivity index (χ1n) is 25.0. The first kappa shape index (κ1) is 56.0. The average molecular weight is 1080 g/mol. The third-order valence-corrected chi connectivity index (χ3v) is 14.0. The number of carbonyl (C=O) groups is 1. The van der Waals surface area contributed by atoms with Gasteiger partial charge in [-0.05, 0) is 88.1 Å². The van der Waals surface area contributed by atoms with Gasteiger partial charge in [0.2, 0.25) is 5.78 Å². The summed E-state index contributed by atoms with van der Waals surface area (Å²) in [5.41, 5.74) is 1.04. The molecule has 0 spiro atoms. The molecule has 0 amide bonds. The van der Waals surface area contributed by atoms with Crippen molar-refractivity contribution < 1.29 is 60.6 Å². The lowest BCUT2D eigenvalue weighted by Gasteiger charge is -2.38. The summed E-state index contributed by atoms with van der Waals surface area (Å²) in [7, 11) is 6.14. The number of rotatable bonds is 18. The van der Waals surface area contributed by atoms with Crippen LogP contribution in [0, 0.1) is 20.2 Å². The van der Waals surface area contributed by atoms with Crippen LogP contribution in [0.4, 0.5) is 40.3 Å². The van der Waals surface area contributed by atoms with E-state index in [4.69, 9.17) is 28.4 Å². The highest BCUT2D eigenvalue weighted by molar-refractivity contribution is 6.03. The predicted molar refractivity (Wildman–Crippen MR) is 285 cm³/mol. The van der Waals surface area contributed by atoms with Crippen molar-refractivity contribution in [3.05, 3.63) is 164 Å². The van der Waals surface area contributed by atoms with Gasteiger partial charge in [-0.15, -0.1) is 0 Å². The summed E-state index contributed by atoms with van der Waals surface area (Å²) in [5, 5.41) is 25.0. The second-order valence-corrected chi connectivity index (χ2v) is 18.9.